The van der Waals surface area contributed by atoms with E-state index >= 15 is 0 Å². The van der Waals surface area contributed by atoms with Crippen molar-refractivity contribution in [2.24, 2.45) is 5.10 Å². The number of nitrogens with zero attached hydrogens (tertiary/aromatic N) is 1. The zero-order valence-electron chi connectivity index (χ0n) is 15.3. The van der Waals surface area contributed by atoms with Gasteiger partial charge in [0.15, 0.2) is 0 Å². The fourth-order valence-electron chi connectivity index (χ4n) is 2.44. The molecular formula is C22H19ClN2O3. The number of nitrogens with one attached hydrogen (secondary N) is 1. The minimum absolute atomic E-state index is 0.359. The van der Waals surface area contributed by atoms with Gasteiger partial charge in [-0.2, -0.15) is 5.10 Å². The van der Waals surface area contributed by atoms with Crippen LogP contribution >= 0.6 is 11.6 Å². The molecule has 1 N–H and O–H groups in total. The molecule has 0 aliphatic heterocycles. The number of anilines is 1. The summed E-state index contributed by atoms with van der Waals surface area (Å²) in [6, 6.07) is 22.0. The second kappa shape index (κ2) is 9.58. The van der Waals surface area contributed by atoms with Crippen molar-refractivity contribution in [3.05, 3.63) is 94.5 Å². The summed E-state index contributed by atoms with van der Waals surface area (Å²) >= 11 is 5.87. The predicted octanol–water partition coefficient (Wildman–Crippen LogP) is 5.15. The maximum Gasteiger partial charge on any atom is 0.337 e. The fraction of sp³-hybridized carbons (Fsp3) is 0.0909. The first-order chi connectivity index (χ1) is 13.7. The number of methoxy groups -OCH3 is 1. The first-order valence-corrected chi connectivity index (χ1v) is 8.97. The molecule has 5 nitrogen and oxygen atoms in total. The van der Waals surface area contributed by atoms with Crippen LogP contribution in [0.2, 0.25) is 5.02 Å². The molecule has 3 aromatic rings. The summed E-state index contributed by atoms with van der Waals surface area (Å²) in [7, 11) is 1.36. The third kappa shape index (κ3) is 5.34. The van der Waals surface area contributed by atoms with Gasteiger partial charge in [0, 0.05) is 10.6 Å². The van der Waals surface area contributed by atoms with Crippen molar-refractivity contribution in [2.45, 2.75) is 6.61 Å². The van der Waals surface area contributed by atoms with Crippen molar-refractivity contribution in [1.82, 2.24) is 0 Å². The molecule has 0 saturated heterocycles. The van der Waals surface area contributed by atoms with Crippen molar-refractivity contribution < 1.29 is 14.3 Å². The van der Waals surface area contributed by atoms with Gasteiger partial charge in [-0.15, -0.1) is 0 Å². The van der Waals surface area contributed by atoms with Crippen LogP contribution in [-0.2, 0) is 11.3 Å². The first-order valence-electron chi connectivity index (χ1n) is 8.59. The Kier molecular flexibility index (Phi) is 6.65. The smallest absolute Gasteiger partial charge is 0.337 e. The lowest BCUT2D eigenvalue weighted by atomic mass is 10.1. The number of hydrogen-bond acceptors (Lipinski definition) is 5. The van der Waals surface area contributed by atoms with Gasteiger partial charge in [-0.05, 0) is 54.1 Å². The summed E-state index contributed by atoms with van der Waals surface area (Å²) in [5, 5.41) is 4.92. The molecule has 6 heteroatoms. The van der Waals surface area contributed by atoms with Crippen LogP contribution in [-0.4, -0.2) is 19.3 Å². The quantitative estimate of drug-likeness (QED) is 0.342. The molecule has 0 heterocycles. The van der Waals surface area contributed by atoms with Crippen molar-refractivity contribution in [3.8, 4) is 5.75 Å². The van der Waals surface area contributed by atoms with Gasteiger partial charge in [-0.3, -0.25) is 5.43 Å². The van der Waals surface area contributed by atoms with Gasteiger partial charge in [0.05, 0.1) is 24.6 Å². The summed E-state index contributed by atoms with van der Waals surface area (Å²) in [6.45, 7) is 0.372. The Balaban J connectivity index is 1.62. The molecular weight excluding hydrogens is 376 g/mol. The number of hydrogen-bond donors (Lipinski definition) is 1. The van der Waals surface area contributed by atoms with Crippen LogP contribution < -0.4 is 10.2 Å². The minimum atomic E-state index is -0.359. The highest BCUT2D eigenvalue weighted by Gasteiger charge is 2.05. The predicted molar refractivity (Wildman–Crippen MR) is 111 cm³/mol. The summed E-state index contributed by atoms with van der Waals surface area (Å²) in [4.78, 5) is 11.5. The topological polar surface area (TPSA) is 59.9 Å². The monoisotopic (exact) mass is 394 g/mol. The van der Waals surface area contributed by atoms with Gasteiger partial charge < -0.3 is 9.47 Å². The third-order valence-electron chi connectivity index (χ3n) is 3.93. The maximum atomic E-state index is 11.5. The second-order valence-corrected chi connectivity index (χ2v) is 6.33. The van der Waals surface area contributed by atoms with E-state index in [2.05, 4.69) is 10.5 Å². The van der Waals surface area contributed by atoms with Crippen molar-refractivity contribution >= 4 is 29.5 Å². The largest absolute Gasteiger partial charge is 0.488 e. The number of esters is 1. The van der Waals surface area contributed by atoms with Crippen LogP contribution in [0.4, 0.5) is 5.69 Å². The summed E-state index contributed by atoms with van der Waals surface area (Å²) in [5.41, 5.74) is 6.09. The molecule has 0 unspecified atom stereocenters. The Hall–Kier alpha value is -3.31. The molecule has 142 valence electrons. The highest BCUT2D eigenvalue weighted by molar-refractivity contribution is 6.30. The molecule has 0 bridgehead atoms. The lowest BCUT2D eigenvalue weighted by Crippen LogP contribution is -2.02. The SMILES string of the molecule is COC(=O)c1ccc(COc2ccccc2C=NNc2ccc(Cl)cc2)cc1. The molecule has 3 aromatic carbocycles. The normalized spacial score (nSPS) is 10.6. The van der Waals surface area contributed by atoms with Gasteiger partial charge in [-0.25, -0.2) is 4.79 Å². The highest BCUT2D eigenvalue weighted by atomic mass is 35.5. The summed E-state index contributed by atoms with van der Waals surface area (Å²) in [6.07, 6.45) is 1.70. The van der Waals surface area contributed by atoms with Gasteiger partial charge in [0.25, 0.3) is 0 Å². The van der Waals surface area contributed by atoms with E-state index in [1.54, 1.807) is 30.5 Å². The summed E-state index contributed by atoms with van der Waals surface area (Å²) in [5.74, 6) is 0.350. The van der Waals surface area contributed by atoms with Crippen LogP contribution in [0.1, 0.15) is 21.5 Å². The van der Waals surface area contributed by atoms with Crippen LogP contribution in [0.25, 0.3) is 0 Å². The molecule has 28 heavy (non-hydrogen) atoms. The molecule has 0 radical (unpaired) electrons. The van der Waals surface area contributed by atoms with Crippen LogP contribution in [0.5, 0.6) is 5.75 Å². The zero-order chi connectivity index (χ0) is 19.8. The molecule has 0 aliphatic rings. The molecule has 0 fully saturated rings. The van der Waals surface area contributed by atoms with E-state index in [0.717, 1.165) is 16.8 Å². The van der Waals surface area contributed by atoms with Crippen molar-refractivity contribution in [1.29, 1.82) is 0 Å². The average molecular weight is 395 g/mol. The average Bonchev–Trinajstić information content (AvgIpc) is 2.74. The van der Waals surface area contributed by atoms with Crippen molar-refractivity contribution in [2.75, 3.05) is 12.5 Å². The number of para-hydroxylation sites is 1. The lowest BCUT2D eigenvalue weighted by molar-refractivity contribution is 0.0600. The van der Waals surface area contributed by atoms with E-state index in [4.69, 9.17) is 21.1 Å². The number of ether oxygens (including phenoxy) is 2. The Bertz CT molecular complexity index is 954. The first kappa shape index (κ1) is 19.5. The van der Waals surface area contributed by atoms with Crippen molar-refractivity contribution in [3.63, 3.8) is 0 Å². The van der Waals surface area contributed by atoms with E-state index in [1.165, 1.54) is 7.11 Å². The molecule has 0 aliphatic carbocycles. The number of halogens is 1. The summed E-state index contributed by atoms with van der Waals surface area (Å²) < 4.78 is 10.6. The second-order valence-electron chi connectivity index (χ2n) is 5.89. The zero-order valence-corrected chi connectivity index (χ0v) is 16.0. The van der Waals surface area contributed by atoms with Gasteiger partial charge in [-0.1, -0.05) is 35.9 Å². The van der Waals surface area contributed by atoms with E-state index < -0.39 is 0 Å². The van der Waals surface area contributed by atoms with Gasteiger partial charge in [0.2, 0.25) is 0 Å². The molecule has 0 amide bonds. The van der Waals surface area contributed by atoms with Crippen LogP contribution in [0.15, 0.2) is 77.9 Å². The Morgan fingerprint density at radius 1 is 1.04 bits per heavy atom. The van der Waals surface area contributed by atoms with E-state index in [1.807, 2.05) is 48.5 Å². The van der Waals surface area contributed by atoms with Gasteiger partial charge >= 0.3 is 5.97 Å². The molecule has 0 atom stereocenters. The molecule has 0 spiro atoms. The number of carbonyl (C=O) groups excluding carboxylic acids is 1. The molecule has 0 aromatic heterocycles. The Morgan fingerprint density at radius 2 is 1.75 bits per heavy atom. The van der Waals surface area contributed by atoms with E-state index in [9.17, 15) is 4.79 Å². The van der Waals surface area contributed by atoms with E-state index in [0.29, 0.717) is 22.9 Å². The minimum Gasteiger partial charge on any atom is -0.488 e. The highest BCUT2D eigenvalue weighted by Crippen LogP contribution is 2.19. The number of hydrazone groups is 1. The van der Waals surface area contributed by atoms with Gasteiger partial charge in [0.1, 0.15) is 12.4 Å². The fourth-order valence-corrected chi connectivity index (χ4v) is 2.56. The number of benzene rings is 3. The third-order valence-corrected chi connectivity index (χ3v) is 4.18. The Morgan fingerprint density at radius 3 is 2.46 bits per heavy atom. The maximum absolute atomic E-state index is 11.5. The van der Waals surface area contributed by atoms with Crippen LogP contribution in [0.3, 0.4) is 0 Å². The number of carbonyl (C=O) groups is 1. The lowest BCUT2D eigenvalue weighted by Gasteiger charge is -2.09. The Labute approximate surface area is 168 Å². The van der Waals surface area contributed by atoms with E-state index in [-0.39, 0.29) is 5.97 Å². The molecule has 3 rings (SSSR count). The van der Waals surface area contributed by atoms with Crippen LogP contribution in [0, 0.1) is 0 Å². The standard InChI is InChI=1S/C22H19ClN2O3/c1-27-22(26)17-8-6-16(7-9-17)15-28-21-5-3-2-4-18(21)14-24-25-20-12-10-19(23)11-13-20/h2-14,25H,15H2,1H3. The molecule has 0 saturated carbocycles. The number of rotatable bonds is 7.